The number of aliphatic hydroxyl groups excluding tert-OH is 1. The quantitative estimate of drug-likeness (QED) is 0.717. The minimum Gasteiger partial charge on any atom is -0.388 e. The lowest BCUT2D eigenvalue weighted by atomic mass is 9.87. The number of benzene rings is 2. The molecule has 126 valence electrons. The summed E-state index contributed by atoms with van der Waals surface area (Å²) in [5.41, 5.74) is 5.26. The van der Waals surface area contributed by atoms with Crippen LogP contribution in [0.4, 0.5) is 5.69 Å². The van der Waals surface area contributed by atoms with E-state index in [0.29, 0.717) is 0 Å². The summed E-state index contributed by atoms with van der Waals surface area (Å²) in [7, 11) is 0. The zero-order chi connectivity index (χ0) is 17.0. The molecule has 1 fully saturated rings. The molecule has 4 unspecified atom stereocenters. The van der Waals surface area contributed by atoms with Crippen molar-refractivity contribution >= 4 is 16.6 Å². The van der Waals surface area contributed by atoms with Crippen LogP contribution in [0.1, 0.15) is 35.9 Å². The summed E-state index contributed by atoms with van der Waals surface area (Å²) >= 11 is 0. The second-order valence-electron chi connectivity index (χ2n) is 6.84. The Balaban J connectivity index is 1.56. The van der Waals surface area contributed by atoms with Crippen molar-refractivity contribution in [1.82, 2.24) is 4.98 Å². The summed E-state index contributed by atoms with van der Waals surface area (Å²) < 4.78 is 5.72. The molecule has 0 spiro atoms. The van der Waals surface area contributed by atoms with E-state index in [0.717, 1.165) is 34.3 Å². The highest BCUT2D eigenvalue weighted by atomic mass is 16.6. The Morgan fingerprint density at radius 2 is 1.92 bits per heavy atom. The van der Waals surface area contributed by atoms with Crippen molar-refractivity contribution in [3.63, 3.8) is 0 Å². The normalized spacial score (nSPS) is 26.8. The molecule has 1 aromatic heterocycles. The molecule has 2 aliphatic rings. The van der Waals surface area contributed by atoms with Crippen LogP contribution in [0.2, 0.25) is 0 Å². The molecule has 1 saturated heterocycles. The van der Waals surface area contributed by atoms with Crippen LogP contribution in [-0.2, 0) is 11.2 Å². The van der Waals surface area contributed by atoms with Crippen molar-refractivity contribution in [3.05, 3.63) is 71.4 Å². The fourth-order valence-electron chi connectivity index (χ4n) is 3.78. The Labute approximate surface area is 146 Å². The molecular formula is C21H20N2O2. The van der Waals surface area contributed by atoms with E-state index in [-0.39, 0.29) is 18.2 Å². The lowest BCUT2D eigenvalue weighted by molar-refractivity contribution is 0.116. The highest BCUT2D eigenvalue weighted by molar-refractivity contribution is 5.80. The maximum Gasteiger partial charge on any atom is 0.129 e. The average Bonchev–Trinajstić information content (AvgIpc) is 3.46. The molecule has 0 radical (unpaired) electrons. The molecule has 1 aliphatic heterocycles. The molecule has 3 aromatic rings. The van der Waals surface area contributed by atoms with Gasteiger partial charge in [-0.1, -0.05) is 37.3 Å². The van der Waals surface area contributed by atoms with Gasteiger partial charge in [-0.25, -0.2) is 4.98 Å². The number of hydrogen-bond donors (Lipinski definition) is 2. The van der Waals surface area contributed by atoms with Gasteiger partial charge in [0.25, 0.3) is 0 Å². The predicted molar refractivity (Wildman–Crippen MR) is 97.5 cm³/mol. The van der Waals surface area contributed by atoms with Crippen molar-refractivity contribution in [3.8, 4) is 0 Å². The first-order valence-corrected chi connectivity index (χ1v) is 8.83. The van der Waals surface area contributed by atoms with Crippen LogP contribution in [-0.4, -0.2) is 22.3 Å². The lowest BCUT2D eigenvalue weighted by Crippen LogP contribution is -2.34. The summed E-state index contributed by atoms with van der Waals surface area (Å²) in [5.74, 6) is 0. The Morgan fingerprint density at radius 1 is 1.12 bits per heavy atom. The van der Waals surface area contributed by atoms with E-state index in [2.05, 4.69) is 48.6 Å². The van der Waals surface area contributed by atoms with Crippen molar-refractivity contribution in [2.75, 3.05) is 5.32 Å². The molecule has 4 atom stereocenters. The topological polar surface area (TPSA) is 57.7 Å². The van der Waals surface area contributed by atoms with Crippen LogP contribution in [0.25, 0.3) is 10.9 Å². The number of nitrogens with one attached hydrogen (secondary N) is 1. The Kier molecular flexibility index (Phi) is 3.30. The number of hydrogen-bond acceptors (Lipinski definition) is 4. The number of epoxide rings is 1. The smallest absolute Gasteiger partial charge is 0.129 e. The third kappa shape index (κ3) is 2.41. The van der Waals surface area contributed by atoms with Crippen LogP contribution in [0.5, 0.6) is 0 Å². The molecule has 4 nitrogen and oxygen atoms in total. The molecule has 2 N–H and O–H groups in total. The summed E-state index contributed by atoms with van der Waals surface area (Å²) in [5, 5.41) is 15.3. The zero-order valence-corrected chi connectivity index (χ0v) is 14.0. The van der Waals surface area contributed by atoms with Gasteiger partial charge in [0.1, 0.15) is 18.3 Å². The van der Waals surface area contributed by atoms with Gasteiger partial charge in [0.2, 0.25) is 0 Å². The molecule has 2 aromatic carbocycles. The van der Waals surface area contributed by atoms with Gasteiger partial charge in [-0.15, -0.1) is 0 Å². The summed E-state index contributed by atoms with van der Waals surface area (Å²) in [4.78, 5) is 4.82. The molecule has 0 bridgehead atoms. The number of aliphatic hydroxyl groups is 1. The highest BCUT2D eigenvalue weighted by Crippen LogP contribution is 2.51. The summed E-state index contributed by atoms with van der Waals surface area (Å²) in [6.45, 7) is 2.14. The number of aryl methyl sites for hydroxylation is 1. The summed E-state index contributed by atoms with van der Waals surface area (Å²) in [6.07, 6.45) is 0.206. The van der Waals surface area contributed by atoms with Gasteiger partial charge in [0, 0.05) is 16.6 Å². The number of anilines is 1. The lowest BCUT2D eigenvalue weighted by Gasteiger charge is -2.29. The Hall–Kier alpha value is -2.43. The molecule has 0 saturated carbocycles. The summed E-state index contributed by atoms with van der Waals surface area (Å²) in [6, 6.07) is 18.4. The van der Waals surface area contributed by atoms with Crippen LogP contribution in [0.15, 0.2) is 54.6 Å². The minimum absolute atomic E-state index is 0.0740. The Bertz CT molecular complexity index is 938. The van der Waals surface area contributed by atoms with Crippen LogP contribution in [0.3, 0.4) is 0 Å². The SMILES string of the molecule is CCc1ccc(NC2c3cc4ccccc4nc3C3OC3C2O)cc1. The van der Waals surface area contributed by atoms with Gasteiger partial charge >= 0.3 is 0 Å². The minimum atomic E-state index is -0.577. The number of nitrogens with zero attached hydrogens (tertiary/aromatic N) is 1. The van der Waals surface area contributed by atoms with E-state index in [1.807, 2.05) is 18.2 Å². The maximum absolute atomic E-state index is 10.7. The molecule has 1 aliphatic carbocycles. The van der Waals surface area contributed by atoms with Gasteiger partial charge < -0.3 is 15.2 Å². The second-order valence-corrected chi connectivity index (χ2v) is 6.84. The van der Waals surface area contributed by atoms with Gasteiger partial charge in [-0.05, 0) is 36.2 Å². The largest absolute Gasteiger partial charge is 0.388 e. The molecule has 25 heavy (non-hydrogen) atoms. The second kappa shape index (κ2) is 5.55. The number of rotatable bonds is 3. The Morgan fingerprint density at radius 3 is 2.72 bits per heavy atom. The van der Waals surface area contributed by atoms with E-state index in [4.69, 9.17) is 9.72 Å². The van der Waals surface area contributed by atoms with Crippen molar-refractivity contribution in [2.45, 2.75) is 37.7 Å². The van der Waals surface area contributed by atoms with Gasteiger partial charge in [-0.3, -0.25) is 0 Å². The molecule has 4 heteroatoms. The zero-order valence-electron chi connectivity index (χ0n) is 14.0. The third-order valence-corrected chi connectivity index (χ3v) is 5.28. The van der Waals surface area contributed by atoms with E-state index in [1.54, 1.807) is 0 Å². The molecule has 0 amide bonds. The van der Waals surface area contributed by atoms with Gasteiger partial charge in [-0.2, -0.15) is 0 Å². The number of pyridine rings is 1. The van der Waals surface area contributed by atoms with Crippen LogP contribution in [0, 0.1) is 0 Å². The first kappa shape index (κ1) is 14.9. The van der Waals surface area contributed by atoms with E-state index in [9.17, 15) is 5.11 Å². The number of para-hydroxylation sites is 1. The fourth-order valence-corrected chi connectivity index (χ4v) is 3.78. The monoisotopic (exact) mass is 332 g/mol. The van der Waals surface area contributed by atoms with E-state index < -0.39 is 6.10 Å². The fraction of sp³-hybridized carbons (Fsp3) is 0.286. The standard InChI is InChI=1S/C21H20N2O2/c1-2-12-7-9-14(10-8-12)22-17-15-11-13-5-3-4-6-16(13)23-18(15)20-21(25-20)19(17)24/h3-11,17,19-22,24H,2H2,1H3. The van der Waals surface area contributed by atoms with Crippen LogP contribution < -0.4 is 5.32 Å². The highest BCUT2D eigenvalue weighted by Gasteiger charge is 2.55. The van der Waals surface area contributed by atoms with Gasteiger partial charge in [0.15, 0.2) is 0 Å². The predicted octanol–water partition coefficient (Wildman–Crippen LogP) is 3.76. The van der Waals surface area contributed by atoms with Crippen LogP contribution >= 0.6 is 0 Å². The van der Waals surface area contributed by atoms with Crippen molar-refractivity contribution < 1.29 is 9.84 Å². The van der Waals surface area contributed by atoms with Crippen molar-refractivity contribution in [2.24, 2.45) is 0 Å². The molecular weight excluding hydrogens is 312 g/mol. The number of aromatic nitrogens is 1. The van der Waals surface area contributed by atoms with Crippen molar-refractivity contribution in [1.29, 1.82) is 0 Å². The molecule has 2 heterocycles. The third-order valence-electron chi connectivity index (χ3n) is 5.28. The van der Waals surface area contributed by atoms with E-state index >= 15 is 0 Å². The van der Waals surface area contributed by atoms with Gasteiger partial charge in [0.05, 0.1) is 17.3 Å². The maximum atomic E-state index is 10.7. The number of fused-ring (bicyclic) bond motifs is 4. The average molecular weight is 332 g/mol. The molecule has 5 rings (SSSR count). The van der Waals surface area contributed by atoms with E-state index in [1.165, 1.54) is 5.56 Å². The first-order chi connectivity index (χ1) is 12.2. The number of ether oxygens (including phenoxy) is 1. The first-order valence-electron chi connectivity index (χ1n) is 8.83.